The van der Waals surface area contributed by atoms with Gasteiger partial charge in [-0.1, -0.05) is 17.7 Å². The molecule has 0 bridgehead atoms. The zero-order valence-corrected chi connectivity index (χ0v) is 11.8. The number of carbonyl (C=O) groups excluding carboxylic acids is 1. The molecule has 0 amide bonds. The molecule has 0 fully saturated rings. The summed E-state index contributed by atoms with van der Waals surface area (Å²) in [5.41, 5.74) is 3.25. The van der Waals surface area contributed by atoms with Gasteiger partial charge in [0, 0.05) is 16.1 Å². The molecular formula is C16H14ClFO. The number of aryl methyl sites for hydroxylation is 3. The van der Waals surface area contributed by atoms with Crippen LogP contribution in [0.15, 0.2) is 30.3 Å². The van der Waals surface area contributed by atoms with E-state index in [-0.39, 0.29) is 11.6 Å². The molecule has 19 heavy (non-hydrogen) atoms. The summed E-state index contributed by atoms with van der Waals surface area (Å²) in [7, 11) is 0. The molecule has 0 spiro atoms. The smallest absolute Gasteiger partial charge is 0.193 e. The molecule has 0 atom stereocenters. The molecule has 0 radical (unpaired) electrons. The lowest BCUT2D eigenvalue weighted by molar-refractivity contribution is 0.103. The maximum Gasteiger partial charge on any atom is 0.193 e. The summed E-state index contributed by atoms with van der Waals surface area (Å²) in [5, 5.41) is 0.520. The van der Waals surface area contributed by atoms with Gasteiger partial charge >= 0.3 is 0 Å². The zero-order chi connectivity index (χ0) is 14.2. The van der Waals surface area contributed by atoms with Crippen molar-refractivity contribution in [2.45, 2.75) is 20.8 Å². The molecule has 0 unspecified atom stereocenters. The van der Waals surface area contributed by atoms with E-state index in [1.807, 2.05) is 13.0 Å². The summed E-state index contributed by atoms with van der Waals surface area (Å²) in [6.45, 7) is 5.34. The minimum Gasteiger partial charge on any atom is -0.289 e. The molecule has 0 saturated carbocycles. The Morgan fingerprint density at radius 1 is 1.00 bits per heavy atom. The number of ketones is 1. The summed E-state index contributed by atoms with van der Waals surface area (Å²) < 4.78 is 13.3. The second-order valence-corrected chi connectivity index (χ2v) is 5.14. The summed E-state index contributed by atoms with van der Waals surface area (Å²) >= 11 is 5.94. The lowest BCUT2D eigenvalue weighted by Gasteiger charge is -2.11. The van der Waals surface area contributed by atoms with Crippen LogP contribution >= 0.6 is 11.6 Å². The van der Waals surface area contributed by atoms with Crippen molar-refractivity contribution in [3.63, 3.8) is 0 Å². The molecule has 0 aromatic heterocycles. The van der Waals surface area contributed by atoms with Crippen molar-refractivity contribution in [1.82, 2.24) is 0 Å². The standard InChI is InChI=1S/C16H14ClFO/c1-9-4-5-12(17)8-14(9)16(19)15-10(2)6-13(18)7-11(15)3/h4-8H,1-3H3. The van der Waals surface area contributed by atoms with Crippen LogP contribution in [0, 0.1) is 26.6 Å². The van der Waals surface area contributed by atoms with Gasteiger partial charge < -0.3 is 0 Å². The summed E-state index contributed by atoms with van der Waals surface area (Å²) in [4.78, 5) is 12.6. The Morgan fingerprint density at radius 2 is 1.58 bits per heavy atom. The van der Waals surface area contributed by atoms with Gasteiger partial charge in [0.1, 0.15) is 5.82 Å². The molecule has 2 aromatic rings. The monoisotopic (exact) mass is 276 g/mol. The highest BCUT2D eigenvalue weighted by atomic mass is 35.5. The fourth-order valence-corrected chi connectivity index (χ4v) is 2.41. The van der Waals surface area contributed by atoms with E-state index in [1.54, 1.807) is 26.0 Å². The Hall–Kier alpha value is -1.67. The quantitative estimate of drug-likeness (QED) is 0.731. The minimum absolute atomic E-state index is 0.116. The normalized spacial score (nSPS) is 10.6. The van der Waals surface area contributed by atoms with Crippen LogP contribution in [0.3, 0.4) is 0 Å². The summed E-state index contributed by atoms with van der Waals surface area (Å²) in [6, 6.07) is 7.96. The van der Waals surface area contributed by atoms with Crippen molar-refractivity contribution < 1.29 is 9.18 Å². The topological polar surface area (TPSA) is 17.1 Å². The van der Waals surface area contributed by atoms with Gasteiger partial charge in [-0.15, -0.1) is 0 Å². The first-order chi connectivity index (χ1) is 8.90. The van der Waals surface area contributed by atoms with Crippen LogP contribution in [0.5, 0.6) is 0 Å². The van der Waals surface area contributed by atoms with Crippen molar-refractivity contribution in [3.05, 3.63) is 69.0 Å². The predicted molar refractivity (Wildman–Crippen MR) is 75.5 cm³/mol. The molecule has 0 aliphatic carbocycles. The number of hydrogen-bond acceptors (Lipinski definition) is 1. The van der Waals surface area contributed by atoms with Crippen molar-refractivity contribution in [2.75, 3.05) is 0 Å². The summed E-state index contributed by atoms with van der Waals surface area (Å²) in [6.07, 6.45) is 0. The largest absolute Gasteiger partial charge is 0.289 e. The number of hydrogen-bond donors (Lipinski definition) is 0. The number of carbonyl (C=O) groups is 1. The molecule has 3 heteroatoms. The van der Waals surface area contributed by atoms with Crippen molar-refractivity contribution in [2.24, 2.45) is 0 Å². The van der Waals surface area contributed by atoms with Crippen LogP contribution in [-0.2, 0) is 0 Å². The van der Waals surface area contributed by atoms with Crippen LogP contribution in [0.4, 0.5) is 4.39 Å². The van der Waals surface area contributed by atoms with Gasteiger partial charge in [-0.2, -0.15) is 0 Å². The maximum absolute atomic E-state index is 13.3. The fraction of sp³-hybridized carbons (Fsp3) is 0.188. The van der Waals surface area contributed by atoms with Crippen LogP contribution in [0.25, 0.3) is 0 Å². The van der Waals surface area contributed by atoms with E-state index in [9.17, 15) is 9.18 Å². The fourth-order valence-electron chi connectivity index (χ4n) is 2.24. The van der Waals surface area contributed by atoms with Gasteiger partial charge in [0.2, 0.25) is 0 Å². The third-order valence-electron chi connectivity index (χ3n) is 3.17. The van der Waals surface area contributed by atoms with Gasteiger partial charge in [0.15, 0.2) is 5.78 Å². The molecule has 0 aliphatic rings. The van der Waals surface area contributed by atoms with E-state index >= 15 is 0 Å². The molecule has 2 aromatic carbocycles. The van der Waals surface area contributed by atoms with E-state index in [1.165, 1.54) is 12.1 Å². The number of benzene rings is 2. The highest BCUT2D eigenvalue weighted by Crippen LogP contribution is 2.23. The predicted octanol–water partition coefficient (Wildman–Crippen LogP) is 4.64. The van der Waals surface area contributed by atoms with Gasteiger partial charge in [-0.25, -0.2) is 4.39 Å². The zero-order valence-electron chi connectivity index (χ0n) is 11.1. The number of halogens is 2. The Labute approximate surface area is 117 Å². The van der Waals surface area contributed by atoms with E-state index in [2.05, 4.69) is 0 Å². The van der Waals surface area contributed by atoms with Gasteiger partial charge in [-0.05, 0) is 61.7 Å². The molecule has 0 saturated heterocycles. The Morgan fingerprint density at radius 3 is 2.16 bits per heavy atom. The van der Waals surface area contributed by atoms with E-state index < -0.39 is 0 Å². The third kappa shape index (κ3) is 2.69. The van der Waals surface area contributed by atoms with Crippen molar-refractivity contribution in [1.29, 1.82) is 0 Å². The number of rotatable bonds is 2. The minimum atomic E-state index is -0.325. The Balaban J connectivity index is 2.59. The molecular weight excluding hydrogens is 263 g/mol. The second kappa shape index (κ2) is 5.14. The lowest BCUT2D eigenvalue weighted by atomic mass is 9.92. The van der Waals surface area contributed by atoms with Crippen LogP contribution in [-0.4, -0.2) is 5.78 Å². The SMILES string of the molecule is Cc1ccc(Cl)cc1C(=O)c1c(C)cc(F)cc1C. The van der Waals surface area contributed by atoms with E-state index in [0.29, 0.717) is 27.3 Å². The van der Waals surface area contributed by atoms with E-state index in [0.717, 1.165) is 5.56 Å². The molecule has 1 nitrogen and oxygen atoms in total. The molecule has 2 rings (SSSR count). The molecule has 0 aliphatic heterocycles. The highest BCUT2D eigenvalue weighted by Gasteiger charge is 2.17. The summed E-state index contributed by atoms with van der Waals surface area (Å²) in [5.74, 6) is -0.440. The first-order valence-corrected chi connectivity index (χ1v) is 6.35. The van der Waals surface area contributed by atoms with Crippen molar-refractivity contribution >= 4 is 17.4 Å². The molecule has 0 N–H and O–H groups in total. The van der Waals surface area contributed by atoms with Gasteiger partial charge in [-0.3, -0.25) is 4.79 Å². The third-order valence-corrected chi connectivity index (χ3v) is 3.40. The van der Waals surface area contributed by atoms with Crippen molar-refractivity contribution in [3.8, 4) is 0 Å². The lowest BCUT2D eigenvalue weighted by Crippen LogP contribution is -2.08. The van der Waals surface area contributed by atoms with Crippen LogP contribution in [0.2, 0.25) is 5.02 Å². The highest BCUT2D eigenvalue weighted by molar-refractivity contribution is 6.31. The van der Waals surface area contributed by atoms with Gasteiger partial charge in [0.05, 0.1) is 0 Å². The molecule has 0 heterocycles. The first-order valence-electron chi connectivity index (χ1n) is 5.97. The van der Waals surface area contributed by atoms with E-state index in [4.69, 9.17) is 11.6 Å². The first kappa shape index (κ1) is 13.8. The Kier molecular flexibility index (Phi) is 3.72. The average Bonchev–Trinajstić information content (AvgIpc) is 2.30. The van der Waals surface area contributed by atoms with Crippen LogP contribution in [0.1, 0.15) is 32.6 Å². The Bertz CT molecular complexity index is 639. The second-order valence-electron chi connectivity index (χ2n) is 4.70. The maximum atomic E-state index is 13.3. The van der Waals surface area contributed by atoms with Crippen LogP contribution < -0.4 is 0 Å². The van der Waals surface area contributed by atoms with Gasteiger partial charge in [0.25, 0.3) is 0 Å². The average molecular weight is 277 g/mol. The molecule has 98 valence electrons.